The van der Waals surface area contributed by atoms with Crippen LogP contribution in [0.25, 0.3) is 0 Å². The van der Waals surface area contributed by atoms with Crippen LogP contribution >= 0.6 is 0 Å². The zero-order valence-corrected chi connectivity index (χ0v) is 8.88. The molecule has 78 valence electrons. The molecule has 0 saturated heterocycles. The van der Waals surface area contributed by atoms with Crippen molar-refractivity contribution in [3.8, 4) is 0 Å². The van der Waals surface area contributed by atoms with Crippen LogP contribution in [0.5, 0.6) is 0 Å². The predicted octanol–water partition coefficient (Wildman–Crippen LogP) is 2.05. The summed E-state index contributed by atoms with van der Waals surface area (Å²) in [6.07, 6.45) is 2.69. The molecule has 0 aromatic heterocycles. The topological polar surface area (TPSA) is 52.3 Å². The molecule has 0 unspecified atom stereocenters. The van der Waals surface area contributed by atoms with E-state index >= 15 is 0 Å². The first kappa shape index (κ1) is 12.4. The molecule has 0 aromatic carbocycles. The first-order chi connectivity index (χ1) is 6.06. The fourth-order valence-corrected chi connectivity index (χ4v) is 1.06. The Morgan fingerprint density at radius 3 is 2.54 bits per heavy atom. The van der Waals surface area contributed by atoms with E-state index in [0.717, 1.165) is 19.3 Å². The molecule has 13 heavy (non-hydrogen) atoms. The molecule has 0 aliphatic rings. The van der Waals surface area contributed by atoms with Gasteiger partial charge in [-0.15, -0.1) is 0 Å². The van der Waals surface area contributed by atoms with Gasteiger partial charge in [0.05, 0.1) is 0 Å². The van der Waals surface area contributed by atoms with Gasteiger partial charge in [-0.2, -0.15) is 0 Å². The van der Waals surface area contributed by atoms with Crippen LogP contribution < -0.4 is 5.73 Å². The Morgan fingerprint density at radius 1 is 1.46 bits per heavy atom. The number of unbranched alkanes of at least 4 members (excludes halogenated alkanes) is 1. The standard InChI is InChI=1S/C10H21NO2/c1-4-5-6-10(12)13-9(11)7-8(2)3/h8-9H,4-7,11H2,1-3H3/t9-/m1/s1. The van der Waals surface area contributed by atoms with Crippen molar-refractivity contribution in [1.29, 1.82) is 0 Å². The fourth-order valence-electron chi connectivity index (χ4n) is 1.06. The monoisotopic (exact) mass is 187 g/mol. The Kier molecular flexibility index (Phi) is 6.59. The molecule has 3 nitrogen and oxygen atoms in total. The van der Waals surface area contributed by atoms with E-state index in [-0.39, 0.29) is 5.97 Å². The summed E-state index contributed by atoms with van der Waals surface area (Å²) in [5.74, 6) is 0.295. The lowest BCUT2D eigenvalue weighted by Gasteiger charge is -2.14. The number of nitrogens with two attached hydrogens (primary N) is 1. The van der Waals surface area contributed by atoms with Crippen LogP contribution in [0.2, 0.25) is 0 Å². The Morgan fingerprint density at radius 2 is 2.08 bits per heavy atom. The number of hydrogen-bond acceptors (Lipinski definition) is 3. The van der Waals surface area contributed by atoms with Crippen molar-refractivity contribution in [2.24, 2.45) is 11.7 Å². The normalized spacial score (nSPS) is 13.0. The molecule has 2 N–H and O–H groups in total. The van der Waals surface area contributed by atoms with Gasteiger partial charge >= 0.3 is 5.97 Å². The number of carbonyl (C=O) groups excluding carboxylic acids is 1. The van der Waals surface area contributed by atoms with Gasteiger partial charge < -0.3 is 4.74 Å². The van der Waals surface area contributed by atoms with E-state index in [0.29, 0.717) is 12.3 Å². The van der Waals surface area contributed by atoms with Crippen LogP contribution in [0.4, 0.5) is 0 Å². The summed E-state index contributed by atoms with van der Waals surface area (Å²) in [6.45, 7) is 6.15. The summed E-state index contributed by atoms with van der Waals surface area (Å²) in [4.78, 5) is 11.1. The zero-order valence-electron chi connectivity index (χ0n) is 8.88. The molecule has 0 fully saturated rings. The maximum absolute atomic E-state index is 11.1. The molecule has 0 aliphatic heterocycles. The van der Waals surface area contributed by atoms with Gasteiger partial charge in [0, 0.05) is 12.8 Å². The molecular formula is C10H21NO2. The molecule has 0 amide bonds. The number of carbonyl (C=O) groups is 1. The minimum atomic E-state index is -0.427. The van der Waals surface area contributed by atoms with Crippen molar-refractivity contribution in [3.05, 3.63) is 0 Å². The van der Waals surface area contributed by atoms with E-state index < -0.39 is 6.23 Å². The van der Waals surface area contributed by atoms with E-state index in [4.69, 9.17) is 10.5 Å². The van der Waals surface area contributed by atoms with E-state index in [1.165, 1.54) is 0 Å². The molecule has 0 radical (unpaired) electrons. The highest BCUT2D eigenvalue weighted by Gasteiger charge is 2.10. The molecule has 0 aliphatic carbocycles. The summed E-state index contributed by atoms with van der Waals surface area (Å²) < 4.78 is 5.00. The van der Waals surface area contributed by atoms with Gasteiger partial charge in [-0.05, 0) is 12.3 Å². The molecule has 0 bridgehead atoms. The van der Waals surface area contributed by atoms with Crippen molar-refractivity contribution in [1.82, 2.24) is 0 Å². The first-order valence-electron chi connectivity index (χ1n) is 5.01. The van der Waals surface area contributed by atoms with Gasteiger partial charge in [-0.1, -0.05) is 27.2 Å². The van der Waals surface area contributed by atoms with Gasteiger partial charge in [0.2, 0.25) is 0 Å². The Bertz CT molecular complexity index is 146. The number of ether oxygens (including phenoxy) is 1. The summed E-state index contributed by atoms with van der Waals surface area (Å²) >= 11 is 0. The van der Waals surface area contributed by atoms with Crippen molar-refractivity contribution in [3.63, 3.8) is 0 Å². The summed E-state index contributed by atoms with van der Waals surface area (Å²) in [7, 11) is 0. The zero-order chi connectivity index (χ0) is 10.3. The third-order valence-electron chi connectivity index (χ3n) is 1.72. The average molecular weight is 187 g/mol. The maximum atomic E-state index is 11.1. The molecule has 0 spiro atoms. The average Bonchev–Trinajstić information content (AvgIpc) is 1.98. The molecule has 1 atom stereocenters. The SMILES string of the molecule is CCCCC(=O)O[C@@H](N)CC(C)C. The lowest BCUT2D eigenvalue weighted by atomic mass is 10.1. The van der Waals surface area contributed by atoms with Crippen LogP contribution in [0, 0.1) is 5.92 Å². The van der Waals surface area contributed by atoms with Crippen molar-refractivity contribution < 1.29 is 9.53 Å². The highest BCUT2D eigenvalue weighted by atomic mass is 16.6. The Hall–Kier alpha value is -0.570. The highest BCUT2D eigenvalue weighted by molar-refractivity contribution is 5.69. The molecular weight excluding hydrogens is 166 g/mol. The fraction of sp³-hybridized carbons (Fsp3) is 0.900. The molecule has 0 aromatic rings. The highest BCUT2D eigenvalue weighted by Crippen LogP contribution is 2.05. The number of esters is 1. The molecule has 0 rings (SSSR count). The van der Waals surface area contributed by atoms with Gasteiger partial charge in [-0.25, -0.2) is 0 Å². The summed E-state index contributed by atoms with van der Waals surface area (Å²) in [6, 6.07) is 0. The second kappa shape index (κ2) is 6.89. The van der Waals surface area contributed by atoms with E-state index in [1.54, 1.807) is 0 Å². The van der Waals surface area contributed by atoms with Gasteiger partial charge in [-0.3, -0.25) is 10.5 Å². The number of rotatable bonds is 6. The van der Waals surface area contributed by atoms with Gasteiger partial charge in [0.15, 0.2) is 6.23 Å². The summed E-state index contributed by atoms with van der Waals surface area (Å²) in [5.41, 5.74) is 5.60. The smallest absolute Gasteiger partial charge is 0.307 e. The van der Waals surface area contributed by atoms with Crippen molar-refractivity contribution in [2.75, 3.05) is 0 Å². The Labute approximate surface area is 80.6 Å². The van der Waals surface area contributed by atoms with Crippen molar-refractivity contribution >= 4 is 5.97 Å². The lowest BCUT2D eigenvalue weighted by Crippen LogP contribution is -2.28. The van der Waals surface area contributed by atoms with E-state index in [9.17, 15) is 4.79 Å². The lowest BCUT2D eigenvalue weighted by molar-refractivity contribution is -0.149. The van der Waals surface area contributed by atoms with Crippen LogP contribution in [-0.4, -0.2) is 12.2 Å². The second-order valence-corrected chi connectivity index (χ2v) is 3.76. The van der Waals surface area contributed by atoms with Gasteiger partial charge in [0.25, 0.3) is 0 Å². The third-order valence-corrected chi connectivity index (χ3v) is 1.72. The predicted molar refractivity (Wildman–Crippen MR) is 53.0 cm³/mol. The largest absolute Gasteiger partial charge is 0.447 e. The summed E-state index contributed by atoms with van der Waals surface area (Å²) in [5, 5.41) is 0. The van der Waals surface area contributed by atoms with Gasteiger partial charge in [0.1, 0.15) is 0 Å². The van der Waals surface area contributed by atoms with Crippen molar-refractivity contribution in [2.45, 2.75) is 52.7 Å². The number of hydrogen-bond donors (Lipinski definition) is 1. The minimum Gasteiger partial charge on any atom is -0.447 e. The van der Waals surface area contributed by atoms with E-state index in [2.05, 4.69) is 13.8 Å². The molecule has 0 heterocycles. The van der Waals surface area contributed by atoms with Crippen LogP contribution in [0.3, 0.4) is 0 Å². The Balaban J connectivity index is 3.53. The van der Waals surface area contributed by atoms with Crippen LogP contribution in [0.1, 0.15) is 46.5 Å². The maximum Gasteiger partial charge on any atom is 0.307 e. The van der Waals surface area contributed by atoms with E-state index in [1.807, 2.05) is 6.92 Å². The minimum absolute atomic E-state index is 0.171. The molecule has 3 heteroatoms. The quantitative estimate of drug-likeness (QED) is 0.511. The van der Waals surface area contributed by atoms with Crippen LogP contribution in [-0.2, 0) is 9.53 Å². The third kappa shape index (κ3) is 7.78. The second-order valence-electron chi connectivity index (χ2n) is 3.76. The van der Waals surface area contributed by atoms with Crippen LogP contribution in [0.15, 0.2) is 0 Å². The first-order valence-corrected chi connectivity index (χ1v) is 5.01. The molecule has 0 saturated carbocycles.